The summed E-state index contributed by atoms with van der Waals surface area (Å²) in [5.41, 5.74) is 2.85. The fourth-order valence-electron chi connectivity index (χ4n) is 4.14. The molecule has 0 aromatic heterocycles. The summed E-state index contributed by atoms with van der Waals surface area (Å²) in [4.78, 5) is 15.2. The van der Waals surface area contributed by atoms with Crippen LogP contribution in [0.3, 0.4) is 0 Å². The summed E-state index contributed by atoms with van der Waals surface area (Å²) in [5.74, 6) is -1.24. The molecule has 8 heteroatoms. The van der Waals surface area contributed by atoms with E-state index < -0.39 is 28.3 Å². The number of para-hydroxylation sites is 1. The van der Waals surface area contributed by atoms with Crippen molar-refractivity contribution in [2.24, 2.45) is 0 Å². The fourth-order valence-corrected chi connectivity index (χ4v) is 5.57. The number of sulfonamides is 1. The average Bonchev–Trinajstić information content (AvgIpc) is 3.36. The summed E-state index contributed by atoms with van der Waals surface area (Å²) >= 11 is 0. The summed E-state index contributed by atoms with van der Waals surface area (Å²) in [7, 11) is -4.16. The summed E-state index contributed by atoms with van der Waals surface area (Å²) < 4.78 is 42.1. The van der Waals surface area contributed by atoms with Crippen molar-refractivity contribution < 1.29 is 17.6 Å². The van der Waals surface area contributed by atoms with Crippen molar-refractivity contribution >= 4 is 21.6 Å². The Morgan fingerprint density at radius 1 is 0.943 bits per heavy atom. The number of nitrogens with zero attached hydrogens (tertiary/aromatic N) is 2. The topological polar surface area (TPSA) is 69.7 Å². The molecule has 0 radical (unpaired) electrons. The molecule has 0 bridgehead atoms. The number of hydrogen-bond acceptors (Lipinski definition) is 4. The van der Waals surface area contributed by atoms with Crippen LogP contribution in [0.15, 0.2) is 77.7 Å². The van der Waals surface area contributed by atoms with Crippen molar-refractivity contribution in [2.45, 2.75) is 37.8 Å². The normalized spacial score (nSPS) is 14.1. The molecular formula is C27H30FN3O3S. The summed E-state index contributed by atoms with van der Waals surface area (Å²) in [6.07, 6.45) is 2.49. The number of likely N-dealkylation sites (tertiary alicyclic amines) is 1. The summed E-state index contributed by atoms with van der Waals surface area (Å²) in [6.45, 7) is 4.73. The smallest absolute Gasteiger partial charge is 0.264 e. The molecule has 3 aromatic carbocycles. The minimum Gasteiger partial charge on any atom is -0.350 e. The van der Waals surface area contributed by atoms with E-state index in [-0.39, 0.29) is 17.1 Å². The van der Waals surface area contributed by atoms with Crippen LogP contribution < -0.4 is 9.62 Å². The number of anilines is 1. The van der Waals surface area contributed by atoms with Crippen LogP contribution in [0.25, 0.3) is 0 Å². The molecule has 3 aromatic rings. The van der Waals surface area contributed by atoms with Crippen molar-refractivity contribution in [3.05, 3.63) is 95.3 Å². The molecule has 1 heterocycles. The molecule has 0 spiro atoms. The Kier molecular flexibility index (Phi) is 7.83. The number of rotatable bonds is 9. The van der Waals surface area contributed by atoms with Crippen LogP contribution >= 0.6 is 0 Å². The second kappa shape index (κ2) is 11.0. The Labute approximate surface area is 206 Å². The van der Waals surface area contributed by atoms with E-state index in [1.807, 2.05) is 31.2 Å². The first kappa shape index (κ1) is 24.9. The van der Waals surface area contributed by atoms with Crippen LogP contribution in [0.1, 0.15) is 29.5 Å². The zero-order valence-corrected chi connectivity index (χ0v) is 20.6. The van der Waals surface area contributed by atoms with Crippen LogP contribution in [0.5, 0.6) is 0 Å². The third-order valence-corrected chi connectivity index (χ3v) is 7.91. The first-order valence-corrected chi connectivity index (χ1v) is 13.2. The Morgan fingerprint density at radius 2 is 1.57 bits per heavy atom. The van der Waals surface area contributed by atoms with Gasteiger partial charge < -0.3 is 5.32 Å². The van der Waals surface area contributed by atoms with Gasteiger partial charge in [0.15, 0.2) is 0 Å². The van der Waals surface area contributed by atoms with Gasteiger partial charge in [0.1, 0.15) is 12.4 Å². The average molecular weight is 496 g/mol. The van der Waals surface area contributed by atoms with Gasteiger partial charge in [0.2, 0.25) is 5.91 Å². The number of carbonyl (C=O) groups is 1. The van der Waals surface area contributed by atoms with Gasteiger partial charge >= 0.3 is 0 Å². The number of amides is 1. The third kappa shape index (κ3) is 6.26. The number of halogens is 1. The molecule has 0 saturated carbocycles. The van der Waals surface area contributed by atoms with Gasteiger partial charge in [-0.3, -0.25) is 14.0 Å². The van der Waals surface area contributed by atoms with Gasteiger partial charge in [0.05, 0.1) is 10.6 Å². The van der Waals surface area contributed by atoms with E-state index in [1.54, 1.807) is 12.1 Å². The fraction of sp³-hybridized carbons (Fsp3) is 0.296. The largest absolute Gasteiger partial charge is 0.350 e. The highest BCUT2D eigenvalue weighted by Gasteiger charge is 2.29. The maximum Gasteiger partial charge on any atom is 0.264 e. The highest BCUT2D eigenvalue weighted by molar-refractivity contribution is 7.92. The van der Waals surface area contributed by atoms with E-state index in [2.05, 4.69) is 10.2 Å². The van der Waals surface area contributed by atoms with Gasteiger partial charge in [-0.25, -0.2) is 12.8 Å². The maximum atomic E-state index is 14.6. The molecule has 1 N–H and O–H groups in total. The summed E-state index contributed by atoms with van der Waals surface area (Å²) in [6, 6.07) is 19.8. The molecule has 184 valence electrons. The van der Waals surface area contributed by atoms with Gasteiger partial charge in [-0.15, -0.1) is 0 Å². The Balaban J connectivity index is 1.45. The van der Waals surface area contributed by atoms with E-state index in [0.717, 1.165) is 35.1 Å². The molecule has 0 aliphatic carbocycles. The molecule has 4 rings (SSSR count). The molecular weight excluding hydrogens is 465 g/mol. The number of carbonyl (C=O) groups excluding carboxylic acids is 1. The molecule has 0 unspecified atom stereocenters. The lowest BCUT2D eigenvalue weighted by Gasteiger charge is -2.24. The minimum atomic E-state index is -4.16. The zero-order chi connectivity index (χ0) is 24.8. The lowest BCUT2D eigenvalue weighted by atomic mass is 10.1. The van der Waals surface area contributed by atoms with Crippen LogP contribution in [-0.2, 0) is 27.9 Å². The monoisotopic (exact) mass is 495 g/mol. The molecule has 0 atom stereocenters. The van der Waals surface area contributed by atoms with E-state index in [9.17, 15) is 17.6 Å². The second-order valence-corrected chi connectivity index (χ2v) is 10.7. The van der Waals surface area contributed by atoms with E-state index >= 15 is 0 Å². The van der Waals surface area contributed by atoms with Crippen molar-refractivity contribution in [3.8, 4) is 0 Å². The Morgan fingerprint density at radius 3 is 2.23 bits per heavy atom. The molecule has 1 aliphatic rings. The van der Waals surface area contributed by atoms with Crippen molar-refractivity contribution in [2.75, 3.05) is 23.9 Å². The van der Waals surface area contributed by atoms with Crippen LogP contribution in [-0.4, -0.2) is 38.9 Å². The quantitative estimate of drug-likeness (QED) is 0.482. The maximum absolute atomic E-state index is 14.6. The third-order valence-electron chi connectivity index (χ3n) is 6.13. The predicted molar refractivity (Wildman–Crippen MR) is 135 cm³/mol. The highest BCUT2D eigenvalue weighted by atomic mass is 32.2. The van der Waals surface area contributed by atoms with Crippen LogP contribution in [0.4, 0.5) is 10.1 Å². The summed E-state index contributed by atoms with van der Waals surface area (Å²) in [5, 5.41) is 2.77. The second-order valence-electron chi connectivity index (χ2n) is 8.85. The molecule has 1 aliphatic heterocycles. The van der Waals surface area contributed by atoms with Gasteiger partial charge in [-0.2, -0.15) is 0 Å². The van der Waals surface area contributed by atoms with Crippen LogP contribution in [0.2, 0.25) is 0 Å². The van der Waals surface area contributed by atoms with Crippen molar-refractivity contribution in [1.29, 1.82) is 0 Å². The first-order chi connectivity index (χ1) is 16.8. The first-order valence-electron chi connectivity index (χ1n) is 11.7. The number of nitrogens with one attached hydrogen (secondary N) is 1. The zero-order valence-electron chi connectivity index (χ0n) is 19.8. The van der Waals surface area contributed by atoms with Crippen LogP contribution in [0, 0.1) is 12.7 Å². The molecule has 1 fully saturated rings. The Bertz CT molecular complexity index is 1260. The van der Waals surface area contributed by atoms with Crippen molar-refractivity contribution in [1.82, 2.24) is 10.2 Å². The number of aryl methyl sites for hydroxylation is 1. The SMILES string of the molecule is Cc1ccc(S(=O)(=O)N(CC(=O)NCc2ccc(CN3CCCC3)cc2)c2ccccc2F)cc1. The van der Waals surface area contributed by atoms with E-state index in [1.165, 1.54) is 54.8 Å². The Hall–Kier alpha value is -3.23. The lowest BCUT2D eigenvalue weighted by Crippen LogP contribution is -2.41. The molecule has 1 saturated heterocycles. The highest BCUT2D eigenvalue weighted by Crippen LogP contribution is 2.26. The van der Waals surface area contributed by atoms with Gasteiger partial charge in [0.25, 0.3) is 10.0 Å². The van der Waals surface area contributed by atoms with Gasteiger partial charge in [-0.05, 0) is 68.2 Å². The van der Waals surface area contributed by atoms with Crippen molar-refractivity contribution in [3.63, 3.8) is 0 Å². The van der Waals surface area contributed by atoms with E-state index in [4.69, 9.17) is 0 Å². The van der Waals surface area contributed by atoms with Gasteiger partial charge in [0, 0.05) is 13.1 Å². The molecule has 1 amide bonds. The standard InChI is InChI=1S/C27H30FN3O3S/c1-21-8-14-24(15-9-21)35(33,34)31(26-7-3-2-6-25(26)28)20-27(32)29-18-22-10-12-23(13-11-22)19-30-16-4-5-17-30/h2-3,6-15H,4-5,16-20H2,1H3,(H,29,32). The number of benzene rings is 3. The lowest BCUT2D eigenvalue weighted by molar-refractivity contribution is -0.119. The number of hydrogen-bond donors (Lipinski definition) is 1. The minimum absolute atomic E-state index is 0.00672. The molecule has 6 nitrogen and oxygen atoms in total. The van der Waals surface area contributed by atoms with Gasteiger partial charge in [-0.1, -0.05) is 54.1 Å². The van der Waals surface area contributed by atoms with E-state index in [0.29, 0.717) is 0 Å². The predicted octanol–water partition coefficient (Wildman–Crippen LogP) is 4.24. The molecule has 35 heavy (non-hydrogen) atoms.